The first-order chi connectivity index (χ1) is 4.84. The minimum absolute atomic E-state index is 0.415. The van der Waals surface area contributed by atoms with Gasteiger partial charge in [-0.2, -0.15) is 5.26 Å². The fourth-order valence-electron chi connectivity index (χ4n) is 1.04. The van der Waals surface area contributed by atoms with Crippen molar-refractivity contribution >= 4 is 0 Å². The standard InChI is InChI=1S/C6H12N4/c7-5-6(8)10-3-1-9-2-4-10/h6,9H,1-4,8H2. The van der Waals surface area contributed by atoms with E-state index in [1.807, 2.05) is 11.0 Å². The van der Waals surface area contributed by atoms with Crippen molar-refractivity contribution in [2.24, 2.45) is 5.73 Å². The van der Waals surface area contributed by atoms with Crippen molar-refractivity contribution in [1.29, 1.82) is 5.26 Å². The number of nitriles is 1. The maximum Gasteiger partial charge on any atom is 0.148 e. The van der Waals surface area contributed by atoms with Gasteiger partial charge in [-0.25, -0.2) is 0 Å². The highest BCUT2D eigenvalue weighted by Crippen LogP contribution is 1.93. The zero-order valence-corrected chi connectivity index (χ0v) is 5.88. The molecule has 1 rings (SSSR count). The van der Waals surface area contributed by atoms with Gasteiger partial charge in [0.25, 0.3) is 0 Å². The Morgan fingerprint density at radius 3 is 2.60 bits per heavy atom. The van der Waals surface area contributed by atoms with Crippen LogP contribution in [-0.2, 0) is 0 Å². The summed E-state index contributed by atoms with van der Waals surface area (Å²) in [7, 11) is 0. The van der Waals surface area contributed by atoms with E-state index in [9.17, 15) is 0 Å². The zero-order valence-electron chi connectivity index (χ0n) is 5.88. The monoisotopic (exact) mass is 140 g/mol. The molecule has 0 aliphatic carbocycles. The van der Waals surface area contributed by atoms with E-state index in [1.165, 1.54) is 0 Å². The molecule has 0 aromatic carbocycles. The lowest BCUT2D eigenvalue weighted by Crippen LogP contribution is -2.51. The second kappa shape index (κ2) is 3.52. The summed E-state index contributed by atoms with van der Waals surface area (Å²) in [5.74, 6) is 0. The molecule has 1 atom stereocenters. The van der Waals surface area contributed by atoms with Gasteiger partial charge in [0.15, 0.2) is 0 Å². The number of hydrogen-bond acceptors (Lipinski definition) is 4. The highest BCUT2D eigenvalue weighted by molar-refractivity contribution is 4.88. The molecule has 0 radical (unpaired) electrons. The summed E-state index contributed by atoms with van der Waals surface area (Å²) in [6.07, 6.45) is -0.415. The predicted octanol–water partition coefficient (Wildman–Crippen LogP) is -1.30. The van der Waals surface area contributed by atoms with E-state index in [-0.39, 0.29) is 0 Å². The highest BCUT2D eigenvalue weighted by Gasteiger charge is 2.14. The van der Waals surface area contributed by atoms with E-state index in [2.05, 4.69) is 5.32 Å². The minimum atomic E-state index is -0.415. The second-order valence-electron chi connectivity index (χ2n) is 2.36. The van der Waals surface area contributed by atoms with Crippen molar-refractivity contribution < 1.29 is 0 Å². The van der Waals surface area contributed by atoms with Gasteiger partial charge in [-0.15, -0.1) is 0 Å². The molecule has 0 bridgehead atoms. The van der Waals surface area contributed by atoms with Crippen molar-refractivity contribution in [2.45, 2.75) is 6.17 Å². The Hall–Kier alpha value is -0.630. The third kappa shape index (κ3) is 1.67. The average molecular weight is 140 g/mol. The van der Waals surface area contributed by atoms with Crippen LogP contribution < -0.4 is 11.1 Å². The van der Waals surface area contributed by atoms with Gasteiger partial charge in [0.05, 0.1) is 6.07 Å². The van der Waals surface area contributed by atoms with Crippen LogP contribution in [0.15, 0.2) is 0 Å². The Balaban J connectivity index is 2.33. The quantitative estimate of drug-likeness (QED) is 0.475. The first-order valence-electron chi connectivity index (χ1n) is 3.44. The average Bonchev–Trinajstić information content (AvgIpc) is 2.05. The zero-order chi connectivity index (χ0) is 7.40. The smallest absolute Gasteiger partial charge is 0.148 e. The van der Waals surface area contributed by atoms with Crippen molar-refractivity contribution in [3.05, 3.63) is 0 Å². The largest absolute Gasteiger partial charge is 0.314 e. The second-order valence-corrected chi connectivity index (χ2v) is 2.36. The Labute approximate surface area is 60.6 Å². The highest BCUT2D eigenvalue weighted by atomic mass is 15.3. The Morgan fingerprint density at radius 1 is 1.50 bits per heavy atom. The van der Waals surface area contributed by atoms with Gasteiger partial charge < -0.3 is 11.1 Å². The lowest BCUT2D eigenvalue weighted by molar-refractivity contribution is 0.209. The molecule has 1 saturated heterocycles. The minimum Gasteiger partial charge on any atom is -0.314 e. The summed E-state index contributed by atoms with van der Waals surface area (Å²) in [6.45, 7) is 3.65. The molecule has 1 aliphatic heterocycles. The number of nitrogens with zero attached hydrogens (tertiary/aromatic N) is 2. The van der Waals surface area contributed by atoms with Crippen molar-refractivity contribution in [2.75, 3.05) is 26.2 Å². The molecule has 1 aliphatic rings. The van der Waals surface area contributed by atoms with E-state index >= 15 is 0 Å². The van der Waals surface area contributed by atoms with Gasteiger partial charge in [-0.1, -0.05) is 0 Å². The van der Waals surface area contributed by atoms with Crippen LogP contribution >= 0.6 is 0 Å². The fraction of sp³-hybridized carbons (Fsp3) is 0.833. The van der Waals surface area contributed by atoms with E-state index in [0.717, 1.165) is 26.2 Å². The van der Waals surface area contributed by atoms with E-state index in [0.29, 0.717) is 0 Å². The number of hydrogen-bond donors (Lipinski definition) is 2. The van der Waals surface area contributed by atoms with Gasteiger partial charge in [0.2, 0.25) is 0 Å². The molecule has 3 N–H and O–H groups in total. The Kier molecular flexibility index (Phi) is 2.63. The van der Waals surface area contributed by atoms with Crippen LogP contribution in [0.2, 0.25) is 0 Å². The summed E-state index contributed by atoms with van der Waals surface area (Å²) in [5.41, 5.74) is 5.48. The molecule has 1 fully saturated rings. The summed E-state index contributed by atoms with van der Waals surface area (Å²) in [6, 6.07) is 2.01. The van der Waals surface area contributed by atoms with Crippen LogP contribution in [0, 0.1) is 11.3 Å². The summed E-state index contributed by atoms with van der Waals surface area (Å²) >= 11 is 0. The van der Waals surface area contributed by atoms with Crippen LogP contribution in [0.25, 0.3) is 0 Å². The maximum absolute atomic E-state index is 8.45. The van der Waals surface area contributed by atoms with Crippen molar-refractivity contribution in [3.8, 4) is 6.07 Å². The third-order valence-corrected chi connectivity index (χ3v) is 1.68. The van der Waals surface area contributed by atoms with Crippen LogP contribution in [0.4, 0.5) is 0 Å². The Morgan fingerprint density at radius 2 is 2.10 bits per heavy atom. The maximum atomic E-state index is 8.45. The van der Waals surface area contributed by atoms with Gasteiger partial charge in [0.1, 0.15) is 6.17 Å². The molecule has 4 heteroatoms. The Bertz CT molecular complexity index is 133. The molecule has 10 heavy (non-hydrogen) atoms. The van der Waals surface area contributed by atoms with Crippen molar-refractivity contribution in [3.63, 3.8) is 0 Å². The molecule has 1 heterocycles. The molecule has 0 saturated carbocycles. The van der Waals surface area contributed by atoms with Gasteiger partial charge in [-0.05, 0) is 0 Å². The molecular weight excluding hydrogens is 128 g/mol. The summed E-state index contributed by atoms with van der Waals surface area (Å²) < 4.78 is 0. The number of nitrogens with one attached hydrogen (secondary N) is 1. The fourth-order valence-corrected chi connectivity index (χ4v) is 1.04. The number of piperazine rings is 1. The van der Waals surface area contributed by atoms with Crippen LogP contribution in [0.3, 0.4) is 0 Å². The molecule has 0 amide bonds. The third-order valence-electron chi connectivity index (χ3n) is 1.68. The SMILES string of the molecule is N#CC(N)N1CCNCC1. The molecule has 0 aromatic heterocycles. The van der Waals surface area contributed by atoms with E-state index in [1.54, 1.807) is 0 Å². The predicted molar refractivity (Wildman–Crippen MR) is 38.0 cm³/mol. The first-order valence-corrected chi connectivity index (χ1v) is 3.44. The van der Waals surface area contributed by atoms with Crippen LogP contribution in [-0.4, -0.2) is 37.2 Å². The van der Waals surface area contributed by atoms with Gasteiger partial charge >= 0.3 is 0 Å². The lowest BCUT2D eigenvalue weighted by Gasteiger charge is -2.28. The molecule has 56 valence electrons. The molecule has 0 aromatic rings. The van der Waals surface area contributed by atoms with Crippen LogP contribution in [0.1, 0.15) is 0 Å². The molecular formula is C6H12N4. The topological polar surface area (TPSA) is 65.1 Å². The van der Waals surface area contributed by atoms with E-state index in [4.69, 9.17) is 11.0 Å². The van der Waals surface area contributed by atoms with Gasteiger partial charge in [0, 0.05) is 26.2 Å². The van der Waals surface area contributed by atoms with Crippen LogP contribution in [0.5, 0.6) is 0 Å². The van der Waals surface area contributed by atoms with E-state index < -0.39 is 6.17 Å². The summed E-state index contributed by atoms with van der Waals surface area (Å²) in [4.78, 5) is 1.97. The van der Waals surface area contributed by atoms with Gasteiger partial charge in [-0.3, -0.25) is 4.90 Å². The summed E-state index contributed by atoms with van der Waals surface area (Å²) in [5, 5.41) is 11.6. The first kappa shape index (κ1) is 7.48. The molecule has 1 unspecified atom stereocenters. The normalized spacial score (nSPS) is 23.6. The molecule has 0 spiro atoms. The number of nitrogens with two attached hydrogens (primary N) is 1. The van der Waals surface area contributed by atoms with Crippen molar-refractivity contribution in [1.82, 2.24) is 10.2 Å². The lowest BCUT2D eigenvalue weighted by atomic mass is 10.3. The number of rotatable bonds is 1. The molecule has 4 nitrogen and oxygen atoms in total.